The van der Waals surface area contributed by atoms with Crippen molar-refractivity contribution < 1.29 is 9.59 Å². The molecule has 0 aromatic heterocycles. The largest absolute Gasteiger partial charge is 0.337 e. The van der Waals surface area contributed by atoms with Crippen LogP contribution in [-0.4, -0.2) is 42.4 Å². The van der Waals surface area contributed by atoms with Crippen LogP contribution in [0.15, 0.2) is 28.7 Å². The number of hydrogen-bond acceptors (Lipinski definition) is 4. The highest BCUT2D eigenvalue weighted by molar-refractivity contribution is 9.10. The maximum absolute atomic E-state index is 12.1. The van der Waals surface area contributed by atoms with Gasteiger partial charge in [-0.1, -0.05) is 26.0 Å². The van der Waals surface area contributed by atoms with Gasteiger partial charge >= 0.3 is 0 Å². The van der Waals surface area contributed by atoms with Crippen LogP contribution >= 0.6 is 15.9 Å². The van der Waals surface area contributed by atoms with Crippen molar-refractivity contribution in [1.82, 2.24) is 10.2 Å². The highest BCUT2D eigenvalue weighted by Gasteiger charge is 2.30. The highest BCUT2D eigenvalue weighted by Crippen LogP contribution is 2.21. The Hall–Kier alpha value is -1.91. The summed E-state index contributed by atoms with van der Waals surface area (Å²) in [6.07, 6.45) is 0. The van der Waals surface area contributed by atoms with E-state index in [1.54, 1.807) is 24.9 Å². The van der Waals surface area contributed by atoms with Crippen molar-refractivity contribution in [2.45, 2.75) is 26.3 Å². The fraction of sp³-hybridized carbons (Fsp3) is 0.471. The van der Waals surface area contributed by atoms with Crippen molar-refractivity contribution in [3.63, 3.8) is 0 Å². The van der Waals surface area contributed by atoms with Crippen molar-refractivity contribution in [1.29, 1.82) is 5.26 Å². The van der Waals surface area contributed by atoms with Gasteiger partial charge in [0.25, 0.3) is 0 Å². The van der Waals surface area contributed by atoms with E-state index in [2.05, 4.69) is 32.6 Å². The van der Waals surface area contributed by atoms with Crippen LogP contribution in [0, 0.1) is 17.2 Å². The van der Waals surface area contributed by atoms with Crippen LogP contribution in [0.2, 0.25) is 0 Å². The molecule has 0 saturated heterocycles. The molecular weight excluding hydrogens is 372 g/mol. The Kier molecular flexibility index (Phi) is 7.39. The van der Waals surface area contributed by atoms with E-state index in [1.165, 1.54) is 0 Å². The molecule has 0 aliphatic heterocycles. The predicted octanol–water partition coefficient (Wildman–Crippen LogP) is 2.37. The van der Waals surface area contributed by atoms with E-state index in [1.807, 2.05) is 32.0 Å². The predicted molar refractivity (Wildman–Crippen MR) is 97.3 cm³/mol. The van der Waals surface area contributed by atoms with Crippen LogP contribution in [0.3, 0.4) is 0 Å². The number of likely N-dealkylation sites (N-methyl/N-ethyl adjacent to an activating group) is 1. The Bertz CT molecular complexity index is 642. The summed E-state index contributed by atoms with van der Waals surface area (Å²) in [6.45, 7) is 5.54. The SMILES string of the molecule is CC(C)[C@@](C)(C#N)NC(=O)CN(C)CC(=O)Nc1ccccc1Br. The number of benzene rings is 1. The van der Waals surface area contributed by atoms with E-state index in [0.29, 0.717) is 5.69 Å². The first kappa shape index (κ1) is 20.1. The standard InChI is InChI=1S/C17H23BrN4O2/c1-12(2)17(3,11-19)21-16(24)10-22(4)9-15(23)20-14-8-6-5-7-13(14)18/h5-8,12H,9-10H2,1-4H3,(H,20,23)(H,21,24)/t17-/m1/s1. The third-order valence-corrected chi connectivity index (χ3v) is 4.45. The van der Waals surface area contributed by atoms with E-state index in [4.69, 9.17) is 0 Å². The van der Waals surface area contributed by atoms with E-state index < -0.39 is 5.54 Å². The fourth-order valence-electron chi connectivity index (χ4n) is 1.93. The normalized spacial score (nSPS) is 13.2. The van der Waals surface area contributed by atoms with Gasteiger partial charge in [-0.25, -0.2) is 0 Å². The molecule has 1 aromatic rings. The number of carbonyl (C=O) groups is 2. The van der Waals surface area contributed by atoms with Gasteiger partial charge < -0.3 is 10.6 Å². The Morgan fingerprint density at radius 3 is 2.42 bits per heavy atom. The van der Waals surface area contributed by atoms with Crippen molar-refractivity contribution >= 4 is 33.4 Å². The number of rotatable bonds is 7. The molecule has 0 unspecified atom stereocenters. The average Bonchev–Trinajstić information content (AvgIpc) is 2.48. The van der Waals surface area contributed by atoms with E-state index >= 15 is 0 Å². The molecule has 0 fully saturated rings. The maximum Gasteiger partial charge on any atom is 0.238 e. The van der Waals surface area contributed by atoms with Gasteiger partial charge in [0.2, 0.25) is 11.8 Å². The summed E-state index contributed by atoms with van der Waals surface area (Å²) < 4.78 is 0.792. The van der Waals surface area contributed by atoms with Crippen LogP contribution in [0.5, 0.6) is 0 Å². The van der Waals surface area contributed by atoms with Crippen molar-refractivity contribution in [2.75, 3.05) is 25.5 Å². The molecule has 0 bridgehead atoms. The van der Waals surface area contributed by atoms with E-state index in [9.17, 15) is 14.9 Å². The minimum Gasteiger partial charge on any atom is -0.337 e. The number of halogens is 1. The summed E-state index contributed by atoms with van der Waals surface area (Å²) in [5.41, 5.74) is -0.244. The number of nitrogens with zero attached hydrogens (tertiary/aromatic N) is 2. The minimum absolute atomic E-state index is 0.0181. The highest BCUT2D eigenvalue weighted by atomic mass is 79.9. The molecule has 2 amide bonds. The Morgan fingerprint density at radius 1 is 1.29 bits per heavy atom. The van der Waals surface area contributed by atoms with Gasteiger partial charge in [-0.3, -0.25) is 14.5 Å². The maximum atomic E-state index is 12.1. The first-order chi connectivity index (χ1) is 11.2. The molecule has 2 N–H and O–H groups in total. The fourth-order valence-corrected chi connectivity index (χ4v) is 2.31. The lowest BCUT2D eigenvalue weighted by Crippen LogP contribution is -2.51. The molecule has 0 heterocycles. The number of anilines is 1. The number of para-hydroxylation sites is 1. The molecule has 7 heteroatoms. The van der Waals surface area contributed by atoms with E-state index in [-0.39, 0.29) is 30.8 Å². The second kappa shape index (κ2) is 8.81. The molecule has 1 rings (SSSR count). The summed E-state index contributed by atoms with van der Waals surface area (Å²) in [5, 5.41) is 14.7. The monoisotopic (exact) mass is 394 g/mol. The molecule has 0 saturated carbocycles. The zero-order chi connectivity index (χ0) is 18.3. The van der Waals surface area contributed by atoms with Gasteiger partial charge in [0.15, 0.2) is 0 Å². The molecular formula is C17H23BrN4O2. The van der Waals surface area contributed by atoms with Crippen molar-refractivity contribution in [2.24, 2.45) is 5.92 Å². The summed E-state index contributed by atoms with van der Waals surface area (Å²) in [5.74, 6) is -0.525. The smallest absolute Gasteiger partial charge is 0.238 e. The van der Waals surface area contributed by atoms with E-state index in [0.717, 1.165) is 4.47 Å². The number of carbonyl (C=O) groups excluding carboxylic acids is 2. The quantitative estimate of drug-likeness (QED) is 0.743. The van der Waals surface area contributed by atoms with Crippen LogP contribution in [0.4, 0.5) is 5.69 Å². The zero-order valence-electron chi connectivity index (χ0n) is 14.4. The minimum atomic E-state index is -0.922. The number of amides is 2. The number of nitrogens with one attached hydrogen (secondary N) is 2. The van der Waals surface area contributed by atoms with Gasteiger partial charge in [-0.15, -0.1) is 0 Å². The Labute approximate surface area is 151 Å². The van der Waals surface area contributed by atoms with Gasteiger partial charge in [-0.2, -0.15) is 5.26 Å². The molecule has 130 valence electrons. The molecule has 1 aromatic carbocycles. The summed E-state index contributed by atoms with van der Waals surface area (Å²) in [7, 11) is 1.68. The third kappa shape index (κ3) is 5.95. The topological polar surface area (TPSA) is 85.2 Å². The third-order valence-electron chi connectivity index (χ3n) is 3.76. The second-order valence-corrected chi connectivity index (χ2v) is 7.07. The molecule has 0 aliphatic rings. The van der Waals surface area contributed by atoms with Crippen LogP contribution in [0.25, 0.3) is 0 Å². The Balaban J connectivity index is 2.52. The van der Waals surface area contributed by atoms with Crippen molar-refractivity contribution in [3.05, 3.63) is 28.7 Å². The number of nitriles is 1. The first-order valence-electron chi connectivity index (χ1n) is 7.63. The summed E-state index contributed by atoms with van der Waals surface area (Å²) in [6, 6.07) is 9.43. The van der Waals surface area contributed by atoms with Gasteiger partial charge in [0, 0.05) is 4.47 Å². The van der Waals surface area contributed by atoms with Gasteiger partial charge in [0.05, 0.1) is 24.8 Å². The van der Waals surface area contributed by atoms with Crippen molar-refractivity contribution in [3.8, 4) is 6.07 Å². The number of hydrogen-bond donors (Lipinski definition) is 2. The molecule has 0 radical (unpaired) electrons. The van der Waals surface area contributed by atoms with Crippen LogP contribution in [0.1, 0.15) is 20.8 Å². The average molecular weight is 395 g/mol. The summed E-state index contributed by atoms with van der Waals surface area (Å²) >= 11 is 3.36. The molecule has 24 heavy (non-hydrogen) atoms. The van der Waals surface area contributed by atoms with Crippen LogP contribution < -0.4 is 10.6 Å². The lowest BCUT2D eigenvalue weighted by atomic mass is 9.90. The molecule has 0 aliphatic carbocycles. The lowest BCUT2D eigenvalue weighted by molar-refractivity contribution is -0.124. The Morgan fingerprint density at radius 2 is 1.88 bits per heavy atom. The second-order valence-electron chi connectivity index (χ2n) is 6.22. The molecule has 6 nitrogen and oxygen atoms in total. The first-order valence-corrected chi connectivity index (χ1v) is 8.42. The zero-order valence-corrected chi connectivity index (χ0v) is 16.0. The van der Waals surface area contributed by atoms with Gasteiger partial charge in [-0.05, 0) is 48.0 Å². The molecule has 1 atom stereocenters. The van der Waals surface area contributed by atoms with Gasteiger partial charge in [0.1, 0.15) is 5.54 Å². The molecule has 0 spiro atoms. The summed E-state index contributed by atoms with van der Waals surface area (Å²) in [4.78, 5) is 25.7. The lowest BCUT2D eigenvalue weighted by Gasteiger charge is -2.28. The van der Waals surface area contributed by atoms with Crippen LogP contribution in [-0.2, 0) is 9.59 Å².